The molecule has 0 aliphatic carbocycles. The Balaban J connectivity index is 1.70. The highest BCUT2D eigenvalue weighted by molar-refractivity contribution is 6.01. The van der Waals surface area contributed by atoms with Crippen molar-refractivity contribution < 1.29 is 23.8 Å². The van der Waals surface area contributed by atoms with Crippen LogP contribution < -0.4 is 14.2 Å². The largest absolute Gasteiger partial charge is 0.497 e. The van der Waals surface area contributed by atoms with Gasteiger partial charge < -0.3 is 14.2 Å². The maximum Gasteiger partial charge on any atom is 0.349 e. The maximum absolute atomic E-state index is 12.0. The second-order valence-electron chi connectivity index (χ2n) is 5.25. The standard InChI is InChI=1S/C20H16O5/c1-23-15-7-9-16(10-8-15)24-13-20(22)25-19-11-6-14-4-2-3-5-17(14)18(19)12-21/h2-12H,13H2,1H3. The van der Waals surface area contributed by atoms with Crippen molar-refractivity contribution in [2.75, 3.05) is 13.7 Å². The minimum atomic E-state index is -0.589. The van der Waals surface area contributed by atoms with Crippen LogP contribution in [0.3, 0.4) is 0 Å². The van der Waals surface area contributed by atoms with E-state index in [0.29, 0.717) is 23.3 Å². The maximum atomic E-state index is 12.0. The van der Waals surface area contributed by atoms with Crippen molar-refractivity contribution in [1.82, 2.24) is 0 Å². The van der Waals surface area contributed by atoms with Crippen LogP contribution in [0.5, 0.6) is 17.2 Å². The fraction of sp³-hybridized carbons (Fsp3) is 0.100. The number of hydrogen-bond acceptors (Lipinski definition) is 5. The Kier molecular flexibility index (Phi) is 4.95. The van der Waals surface area contributed by atoms with Gasteiger partial charge in [0, 0.05) is 0 Å². The number of hydrogen-bond donors (Lipinski definition) is 0. The van der Waals surface area contributed by atoms with Crippen molar-refractivity contribution in [1.29, 1.82) is 0 Å². The molecule has 5 nitrogen and oxygen atoms in total. The van der Waals surface area contributed by atoms with E-state index in [-0.39, 0.29) is 12.4 Å². The highest BCUT2D eigenvalue weighted by Crippen LogP contribution is 2.26. The molecule has 3 aromatic carbocycles. The summed E-state index contributed by atoms with van der Waals surface area (Å²) in [5.74, 6) is 0.847. The van der Waals surface area contributed by atoms with Gasteiger partial charge in [0.1, 0.15) is 17.2 Å². The molecule has 0 spiro atoms. The van der Waals surface area contributed by atoms with E-state index < -0.39 is 5.97 Å². The Hall–Kier alpha value is -3.34. The first-order chi connectivity index (χ1) is 12.2. The van der Waals surface area contributed by atoms with Gasteiger partial charge >= 0.3 is 5.97 Å². The SMILES string of the molecule is COc1ccc(OCC(=O)Oc2ccc3ccccc3c2C=O)cc1. The zero-order chi connectivity index (χ0) is 17.6. The van der Waals surface area contributed by atoms with Crippen molar-refractivity contribution in [2.45, 2.75) is 0 Å². The minimum Gasteiger partial charge on any atom is -0.497 e. The van der Waals surface area contributed by atoms with Crippen LogP contribution in [0.4, 0.5) is 0 Å². The van der Waals surface area contributed by atoms with Crippen LogP contribution in [0.25, 0.3) is 10.8 Å². The summed E-state index contributed by atoms with van der Waals surface area (Å²) in [7, 11) is 1.57. The molecule has 0 saturated carbocycles. The molecule has 0 saturated heterocycles. The molecule has 0 amide bonds. The minimum absolute atomic E-state index is 0.219. The molecule has 0 atom stereocenters. The van der Waals surface area contributed by atoms with E-state index >= 15 is 0 Å². The molecule has 0 aliphatic rings. The molecule has 0 aliphatic heterocycles. The molecule has 0 fully saturated rings. The fourth-order valence-corrected chi connectivity index (χ4v) is 2.45. The van der Waals surface area contributed by atoms with E-state index in [2.05, 4.69) is 0 Å². The number of carbonyl (C=O) groups is 2. The predicted octanol–water partition coefficient (Wildman–Crippen LogP) is 3.65. The lowest BCUT2D eigenvalue weighted by molar-refractivity contribution is -0.136. The Labute approximate surface area is 144 Å². The van der Waals surface area contributed by atoms with Gasteiger partial charge in [-0.1, -0.05) is 30.3 Å². The third-order valence-electron chi connectivity index (χ3n) is 3.69. The Bertz CT molecular complexity index is 900. The second-order valence-corrected chi connectivity index (χ2v) is 5.25. The molecule has 0 heterocycles. The number of rotatable bonds is 6. The number of esters is 1. The van der Waals surface area contributed by atoms with Gasteiger partial charge in [-0.15, -0.1) is 0 Å². The summed E-state index contributed by atoms with van der Waals surface area (Å²) in [6, 6.07) is 17.7. The van der Waals surface area contributed by atoms with Gasteiger partial charge in [-0.2, -0.15) is 0 Å². The van der Waals surface area contributed by atoms with Gasteiger partial charge in [0.05, 0.1) is 12.7 Å². The van der Waals surface area contributed by atoms with Crippen molar-refractivity contribution in [3.8, 4) is 17.2 Å². The van der Waals surface area contributed by atoms with Crippen LogP contribution in [0.15, 0.2) is 60.7 Å². The molecular weight excluding hydrogens is 320 g/mol. The number of methoxy groups -OCH3 is 1. The molecule has 0 radical (unpaired) electrons. The van der Waals surface area contributed by atoms with Crippen LogP contribution in [0, 0.1) is 0 Å². The van der Waals surface area contributed by atoms with Crippen LogP contribution in [-0.4, -0.2) is 26.0 Å². The Morgan fingerprint density at radius 3 is 2.40 bits per heavy atom. The Morgan fingerprint density at radius 1 is 0.960 bits per heavy atom. The summed E-state index contributed by atoms with van der Waals surface area (Å²) in [5.41, 5.74) is 0.343. The van der Waals surface area contributed by atoms with Crippen LogP contribution in [0.1, 0.15) is 10.4 Å². The molecule has 3 rings (SSSR count). The van der Waals surface area contributed by atoms with E-state index in [1.54, 1.807) is 43.5 Å². The summed E-state index contributed by atoms with van der Waals surface area (Å²) in [6.45, 7) is -0.266. The van der Waals surface area contributed by atoms with Crippen molar-refractivity contribution in [3.63, 3.8) is 0 Å². The molecule has 25 heavy (non-hydrogen) atoms. The van der Waals surface area contributed by atoms with Gasteiger partial charge in [0.25, 0.3) is 0 Å². The summed E-state index contributed by atoms with van der Waals surface area (Å²) in [6.07, 6.45) is 0.690. The van der Waals surface area contributed by atoms with E-state index in [1.807, 2.05) is 24.3 Å². The van der Waals surface area contributed by atoms with Crippen LogP contribution in [0.2, 0.25) is 0 Å². The third-order valence-corrected chi connectivity index (χ3v) is 3.69. The number of ether oxygens (including phenoxy) is 3. The lowest BCUT2D eigenvalue weighted by Crippen LogP contribution is -2.18. The smallest absolute Gasteiger partial charge is 0.349 e. The molecule has 5 heteroatoms. The van der Waals surface area contributed by atoms with E-state index in [1.165, 1.54) is 0 Å². The second kappa shape index (κ2) is 7.49. The third kappa shape index (κ3) is 3.77. The van der Waals surface area contributed by atoms with Crippen molar-refractivity contribution in [3.05, 3.63) is 66.2 Å². The highest BCUT2D eigenvalue weighted by Gasteiger charge is 2.12. The monoisotopic (exact) mass is 336 g/mol. The topological polar surface area (TPSA) is 61.8 Å². The first kappa shape index (κ1) is 16.5. The molecule has 0 aromatic heterocycles. The summed E-state index contributed by atoms with van der Waals surface area (Å²) in [4.78, 5) is 23.5. The average molecular weight is 336 g/mol. The quantitative estimate of drug-likeness (QED) is 0.391. The number of aldehydes is 1. The zero-order valence-electron chi connectivity index (χ0n) is 13.6. The van der Waals surface area contributed by atoms with E-state index in [4.69, 9.17) is 14.2 Å². The molecule has 126 valence electrons. The Morgan fingerprint density at radius 2 is 1.68 bits per heavy atom. The number of benzene rings is 3. The van der Waals surface area contributed by atoms with Crippen molar-refractivity contribution >= 4 is 23.0 Å². The number of carbonyl (C=O) groups excluding carboxylic acids is 2. The normalized spacial score (nSPS) is 10.3. The molecule has 0 bridgehead atoms. The van der Waals surface area contributed by atoms with Gasteiger partial charge in [-0.3, -0.25) is 4.79 Å². The van der Waals surface area contributed by atoms with Gasteiger partial charge in [-0.05, 0) is 41.1 Å². The first-order valence-electron chi connectivity index (χ1n) is 7.65. The molecule has 3 aromatic rings. The average Bonchev–Trinajstić information content (AvgIpc) is 2.66. The highest BCUT2D eigenvalue weighted by atomic mass is 16.6. The summed E-state index contributed by atoms with van der Waals surface area (Å²) >= 11 is 0. The van der Waals surface area contributed by atoms with Crippen LogP contribution >= 0.6 is 0 Å². The van der Waals surface area contributed by atoms with E-state index in [9.17, 15) is 9.59 Å². The fourth-order valence-electron chi connectivity index (χ4n) is 2.45. The molecular formula is C20H16O5. The number of fused-ring (bicyclic) bond motifs is 1. The van der Waals surface area contributed by atoms with E-state index in [0.717, 1.165) is 10.8 Å². The molecule has 0 unspecified atom stereocenters. The van der Waals surface area contributed by atoms with Gasteiger partial charge in [0.15, 0.2) is 12.9 Å². The van der Waals surface area contributed by atoms with Gasteiger partial charge in [-0.25, -0.2) is 4.79 Å². The molecule has 0 N–H and O–H groups in total. The predicted molar refractivity (Wildman–Crippen MR) is 93.5 cm³/mol. The lowest BCUT2D eigenvalue weighted by Gasteiger charge is -2.10. The van der Waals surface area contributed by atoms with Crippen molar-refractivity contribution in [2.24, 2.45) is 0 Å². The summed E-state index contributed by atoms with van der Waals surface area (Å²) < 4.78 is 15.7. The zero-order valence-corrected chi connectivity index (χ0v) is 13.6. The first-order valence-corrected chi connectivity index (χ1v) is 7.65. The van der Waals surface area contributed by atoms with Crippen LogP contribution in [-0.2, 0) is 4.79 Å². The summed E-state index contributed by atoms with van der Waals surface area (Å²) in [5, 5.41) is 1.64. The lowest BCUT2D eigenvalue weighted by atomic mass is 10.0. The van der Waals surface area contributed by atoms with Gasteiger partial charge in [0.2, 0.25) is 0 Å².